The number of hydrogen-bond acceptors (Lipinski definition) is 14. The van der Waals surface area contributed by atoms with Crippen LogP contribution in [0.25, 0.3) is 10.1 Å². The van der Waals surface area contributed by atoms with Crippen LogP contribution in [0.2, 0.25) is 0 Å². The molecule has 0 unspecified atom stereocenters. The molecule has 17 nitrogen and oxygen atoms in total. The van der Waals surface area contributed by atoms with Crippen molar-refractivity contribution in [2.45, 2.75) is 91.5 Å². The van der Waals surface area contributed by atoms with E-state index in [4.69, 9.17) is 23.3 Å². The van der Waals surface area contributed by atoms with Crippen LogP contribution in [0.15, 0.2) is 48.5 Å². The van der Waals surface area contributed by atoms with Crippen molar-refractivity contribution in [3.63, 3.8) is 0 Å². The number of anilines is 1. The zero-order chi connectivity index (χ0) is 48.9. The number of halogens is 2. The smallest absolute Gasteiger partial charge is 0.410 e. The maximum absolute atomic E-state index is 16.4. The minimum atomic E-state index is -5.63. The second-order valence-electron chi connectivity index (χ2n) is 18.6. The van der Waals surface area contributed by atoms with Crippen LogP contribution in [0.5, 0.6) is 5.75 Å². The van der Waals surface area contributed by atoms with Crippen molar-refractivity contribution in [3.8, 4) is 5.75 Å². The Kier molecular flexibility index (Phi) is 16.4. The maximum Gasteiger partial charge on any atom is 0.410 e. The van der Waals surface area contributed by atoms with Crippen LogP contribution in [0.1, 0.15) is 83.0 Å². The van der Waals surface area contributed by atoms with Crippen molar-refractivity contribution in [1.29, 1.82) is 0 Å². The van der Waals surface area contributed by atoms with Crippen LogP contribution < -0.4 is 15.0 Å². The van der Waals surface area contributed by atoms with E-state index in [1.165, 1.54) is 75.3 Å². The van der Waals surface area contributed by atoms with Gasteiger partial charge in [-0.1, -0.05) is 6.07 Å². The van der Waals surface area contributed by atoms with Gasteiger partial charge in [-0.25, -0.2) is 0 Å². The van der Waals surface area contributed by atoms with Crippen molar-refractivity contribution in [2.75, 3.05) is 65.9 Å². The molecular weight excluding hydrogens is 904 g/mol. The summed E-state index contributed by atoms with van der Waals surface area (Å²) in [6.07, 6.45) is 1.29. The lowest BCUT2D eigenvalue weighted by Crippen LogP contribution is -2.61. The lowest BCUT2D eigenvalue weighted by atomic mass is 9.98. The molecule has 3 heterocycles. The second-order valence-corrected chi connectivity index (χ2v) is 21.7. The van der Waals surface area contributed by atoms with Gasteiger partial charge in [-0.05, 0) is 123 Å². The summed E-state index contributed by atoms with van der Waals surface area (Å²) in [7, 11) is -0.119. The SMILES string of the molecule is CC(=O)N1CC[C@H]2CC[C@@H](C(=O)N(C)c3ccc(OCCN(C)C)cc3)N2C(=O)[C@@H](NC(=O)c2cc3cc(C(F)(F)P(=O)(OCOC(=O)C(C)(C)C)OCOC(=O)C(C)(C)C)ccc3s2)C1. The van der Waals surface area contributed by atoms with Crippen molar-refractivity contribution in [1.82, 2.24) is 20.0 Å². The van der Waals surface area contributed by atoms with Gasteiger partial charge >= 0.3 is 25.2 Å². The van der Waals surface area contributed by atoms with Crippen LogP contribution in [0.4, 0.5) is 14.5 Å². The van der Waals surface area contributed by atoms with E-state index in [0.29, 0.717) is 42.0 Å². The fourth-order valence-electron chi connectivity index (χ4n) is 7.13. The van der Waals surface area contributed by atoms with E-state index in [1.807, 2.05) is 19.0 Å². The van der Waals surface area contributed by atoms with E-state index < -0.39 is 85.1 Å². The number of thiophene rings is 1. The van der Waals surface area contributed by atoms with E-state index in [0.717, 1.165) is 30.0 Å². The number of carbonyl (C=O) groups excluding carboxylic acids is 6. The standard InChI is InChI=1S/C45H60F2N5O12PS/c1-28(53)51-20-19-32-14-17-35(40(56)50(10)31-12-15-33(16-13-31)60-22-21-49(8)9)52(32)39(55)34(25-51)48-38(54)37-24-29-23-30(11-18-36(29)66-37)45(46,47)65(59,63-26-61-41(57)43(2,3)4)64-27-62-42(58)44(5,6)7/h11-13,15-16,18,23-24,32,34-35H,14,17,19-22,25-27H2,1-10H3,(H,48,54)/t32-,34+,35+/m1/s1. The van der Waals surface area contributed by atoms with Crippen LogP contribution in [-0.4, -0.2) is 129 Å². The van der Waals surface area contributed by atoms with Crippen LogP contribution in [0, 0.1) is 10.8 Å². The quantitative estimate of drug-likeness (QED) is 0.0921. The number of nitrogens with one attached hydrogen (secondary N) is 1. The van der Waals surface area contributed by atoms with Crippen LogP contribution in [-0.2, 0) is 52.7 Å². The molecule has 3 atom stereocenters. The molecule has 0 spiro atoms. The summed E-state index contributed by atoms with van der Waals surface area (Å²) < 4.78 is 72.7. The third kappa shape index (κ3) is 12.3. The molecule has 66 heavy (non-hydrogen) atoms. The number of carbonyl (C=O) groups is 6. The summed E-state index contributed by atoms with van der Waals surface area (Å²) >= 11 is 0.929. The first-order valence-corrected chi connectivity index (χ1v) is 23.8. The maximum atomic E-state index is 16.4. The number of rotatable bonds is 16. The number of esters is 2. The molecular formula is C45H60F2N5O12PS. The molecule has 0 radical (unpaired) electrons. The molecule has 3 aromatic rings. The lowest BCUT2D eigenvalue weighted by molar-refractivity contribution is -0.163. The van der Waals surface area contributed by atoms with Gasteiger partial charge in [0, 0.05) is 55.6 Å². The summed E-state index contributed by atoms with van der Waals surface area (Å²) in [5, 5.41) is 2.87. The van der Waals surface area contributed by atoms with Crippen molar-refractivity contribution in [2.24, 2.45) is 10.8 Å². The van der Waals surface area contributed by atoms with Gasteiger partial charge in [-0.3, -0.25) is 42.4 Å². The predicted molar refractivity (Wildman–Crippen MR) is 242 cm³/mol. The summed E-state index contributed by atoms with van der Waals surface area (Å²) in [5.41, 5.74) is -6.77. The topological polar surface area (TPSA) is 191 Å². The molecule has 4 amide bonds. The Morgan fingerprint density at radius 3 is 2.03 bits per heavy atom. The van der Waals surface area contributed by atoms with Gasteiger partial charge in [0.1, 0.15) is 24.4 Å². The van der Waals surface area contributed by atoms with Gasteiger partial charge < -0.3 is 39.1 Å². The lowest BCUT2D eigenvalue weighted by Gasteiger charge is -2.39. The van der Waals surface area contributed by atoms with E-state index >= 15 is 8.78 Å². The monoisotopic (exact) mass is 963 g/mol. The Morgan fingerprint density at radius 2 is 1.47 bits per heavy atom. The molecule has 0 bridgehead atoms. The molecule has 2 aliphatic heterocycles. The highest BCUT2D eigenvalue weighted by Crippen LogP contribution is 2.67. The highest BCUT2D eigenvalue weighted by molar-refractivity contribution is 7.54. The average Bonchev–Trinajstić information content (AvgIpc) is 3.87. The number of amides is 4. The summed E-state index contributed by atoms with van der Waals surface area (Å²) in [6.45, 7) is 9.41. The minimum Gasteiger partial charge on any atom is -0.492 e. The number of ether oxygens (including phenoxy) is 3. The number of nitrogens with zero attached hydrogens (tertiary/aromatic N) is 4. The van der Waals surface area contributed by atoms with Crippen LogP contribution in [0.3, 0.4) is 0 Å². The third-order valence-corrected chi connectivity index (χ3v) is 14.0. The van der Waals surface area contributed by atoms with Crippen molar-refractivity contribution < 1.29 is 65.4 Å². The molecule has 2 aromatic carbocycles. The van der Waals surface area contributed by atoms with Gasteiger partial charge in [0.05, 0.1) is 15.7 Å². The zero-order valence-corrected chi connectivity index (χ0v) is 40.7. The fourth-order valence-corrected chi connectivity index (χ4v) is 9.32. The number of benzene rings is 2. The Bertz CT molecular complexity index is 2290. The molecule has 2 saturated heterocycles. The van der Waals surface area contributed by atoms with Gasteiger partial charge in [0.25, 0.3) is 5.91 Å². The highest BCUT2D eigenvalue weighted by Gasteiger charge is 2.56. The van der Waals surface area contributed by atoms with Gasteiger partial charge in [-0.15, -0.1) is 11.3 Å². The molecule has 1 N–H and O–H groups in total. The first-order valence-electron chi connectivity index (χ1n) is 21.4. The van der Waals surface area contributed by atoms with Crippen molar-refractivity contribution >= 4 is 70.3 Å². The molecule has 2 fully saturated rings. The first-order chi connectivity index (χ1) is 30.7. The van der Waals surface area contributed by atoms with Gasteiger partial charge in [-0.2, -0.15) is 8.78 Å². The summed E-state index contributed by atoms with van der Waals surface area (Å²) in [4.78, 5) is 86.5. The van der Waals surface area contributed by atoms with E-state index in [-0.39, 0.29) is 35.2 Å². The van der Waals surface area contributed by atoms with Gasteiger partial charge in [0.15, 0.2) is 0 Å². The fraction of sp³-hybridized carbons (Fsp3) is 0.556. The summed E-state index contributed by atoms with van der Waals surface area (Å²) in [6, 6.07) is 9.06. The second kappa shape index (κ2) is 20.9. The van der Waals surface area contributed by atoms with Crippen LogP contribution >= 0.6 is 18.9 Å². The largest absolute Gasteiger partial charge is 0.492 e. The average molecular weight is 964 g/mol. The molecule has 0 aliphatic carbocycles. The molecule has 1 aromatic heterocycles. The predicted octanol–water partition coefficient (Wildman–Crippen LogP) is 6.58. The Labute approximate surface area is 387 Å². The Balaban J connectivity index is 1.36. The number of fused-ring (bicyclic) bond motifs is 2. The Morgan fingerprint density at radius 1 is 0.864 bits per heavy atom. The normalized spacial score (nSPS) is 18.4. The minimum absolute atomic E-state index is 0.0213. The first kappa shape index (κ1) is 52.0. The zero-order valence-electron chi connectivity index (χ0n) is 39.0. The van der Waals surface area contributed by atoms with Gasteiger partial charge in [0.2, 0.25) is 31.3 Å². The van der Waals surface area contributed by atoms with Crippen molar-refractivity contribution in [3.05, 3.63) is 59.0 Å². The van der Waals surface area contributed by atoms with E-state index in [9.17, 15) is 33.3 Å². The molecule has 0 saturated carbocycles. The highest BCUT2D eigenvalue weighted by atomic mass is 32.1. The van der Waals surface area contributed by atoms with E-state index in [1.54, 1.807) is 31.3 Å². The molecule has 362 valence electrons. The number of likely N-dealkylation sites (N-methyl/N-ethyl adjacent to an activating group) is 2. The molecule has 2 aliphatic rings. The molecule has 21 heteroatoms. The Hall–Kier alpha value is -5.01. The number of alkyl halides is 2. The van der Waals surface area contributed by atoms with E-state index in [2.05, 4.69) is 5.32 Å². The molecule has 5 rings (SSSR count). The number of hydrogen-bond donors (Lipinski definition) is 1. The third-order valence-electron chi connectivity index (χ3n) is 11.1. The summed E-state index contributed by atoms with van der Waals surface area (Å²) in [5.74, 6) is -2.95.